The molecule has 2 rings (SSSR count). The SMILES string of the molecule is CC1(C)CCC(N)(c2nccs2)C1. The van der Waals surface area contributed by atoms with Gasteiger partial charge in [-0.1, -0.05) is 13.8 Å². The van der Waals surface area contributed by atoms with Crippen LogP contribution >= 0.6 is 11.3 Å². The van der Waals surface area contributed by atoms with Crippen molar-refractivity contribution >= 4 is 11.3 Å². The van der Waals surface area contributed by atoms with Gasteiger partial charge in [0.15, 0.2) is 0 Å². The second-order valence-electron chi connectivity index (χ2n) is 4.83. The number of hydrogen-bond acceptors (Lipinski definition) is 3. The predicted molar refractivity (Wildman–Crippen MR) is 55.6 cm³/mol. The lowest BCUT2D eigenvalue weighted by molar-refractivity contribution is 0.339. The van der Waals surface area contributed by atoms with Crippen LogP contribution in [0.3, 0.4) is 0 Å². The molecular weight excluding hydrogens is 180 g/mol. The molecule has 0 saturated heterocycles. The number of nitrogens with two attached hydrogens (primary N) is 1. The molecule has 2 N–H and O–H groups in total. The van der Waals surface area contributed by atoms with Gasteiger partial charge >= 0.3 is 0 Å². The molecule has 3 heteroatoms. The van der Waals surface area contributed by atoms with Crippen LogP contribution in [-0.4, -0.2) is 4.98 Å². The van der Waals surface area contributed by atoms with Crippen LogP contribution in [0.25, 0.3) is 0 Å². The van der Waals surface area contributed by atoms with Crippen molar-refractivity contribution in [3.05, 3.63) is 16.6 Å². The molecule has 0 aromatic carbocycles. The Morgan fingerprint density at radius 1 is 1.46 bits per heavy atom. The van der Waals surface area contributed by atoms with Gasteiger partial charge in [0.25, 0.3) is 0 Å². The summed E-state index contributed by atoms with van der Waals surface area (Å²) in [5.74, 6) is 0. The van der Waals surface area contributed by atoms with Crippen molar-refractivity contribution in [3.63, 3.8) is 0 Å². The Morgan fingerprint density at radius 2 is 2.23 bits per heavy atom. The first-order valence-electron chi connectivity index (χ1n) is 4.71. The van der Waals surface area contributed by atoms with Crippen molar-refractivity contribution in [3.8, 4) is 0 Å². The first-order valence-corrected chi connectivity index (χ1v) is 5.59. The van der Waals surface area contributed by atoms with Crippen molar-refractivity contribution in [2.24, 2.45) is 11.1 Å². The monoisotopic (exact) mass is 196 g/mol. The largest absolute Gasteiger partial charge is 0.319 e. The van der Waals surface area contributed by atoms with E-state index in [4.69, 9.17) is 5.73 Å². The van der Waals surface area contributed by atoms with Gasteiger partial charge in [0.2, 0.25) is 0 Å². The zero-order chi connectivity index (χ0) is 9.53. The first kappa shape index (κ1) is 9.16. The van der Waals surface area contributed by atoms with Gasteiger partial charge in [-0.2, -0.15) is 0 Å². The van der Waals surface area contributed by atoms with E-state index in [0.717, 1.165) is 17.8 Å². The molecule has 1 fully saturated rings. The van der Waals surface area contributed by atoms with Crippen LogP contribution in [0.1, 0.15) is 38.1 Å². The van der Waals surface area contributed by atoms with Crippen LogP contribution in [0, 0.1) is 5.41 Å². The van der Waals surface area contributed by atoms with E-state index in [1.165, 1.54) is 6.42 Å². The van der Waals surface area contributed by atoms with E-state index >= 15 is 0 Å². The summed E-state index contributed by atoms with van der Waals surface area (Å²) in [7, 11) is 0. The van der Waals surface area contributed by atoms with Crippen LogP contribution in [0.15, 0.2) is 11.6 Å². The zero-order valence-electron chi connectivity index (χ0n) is 8.21. The molecule has 1 atom stereocenters. The molecule has 1 unspecified atom stereocenters. The van der Waals surface area contributed by atoms with Crippen molar-refractivity contribution in [1.29, 1.82) is 0 Å². The van der Waals surface area contributed by atoms with Crippen molar-refractivity contribution in [2.45, 2.75) is 38.6 Å². The van der Waals surface area contributed by atoms with Gasteiger partial charge in [-0.05, 0) is 24.7 Å². The van der Waals surface area contributed by atoms with Gasteiger partial charge in [-0.3, -0.25) is 0 Å². The molecule has 1 heterocycles. The van der Waals surface area contributed by atoms with Crippen LogP contribution in [0.5, 0.6) is 0 Å². The van der Waals surface area contributed by atoms with Crippen molar-refractivity contribution in [2.75, 3.05) is 0 Å². The fourth-order valence-electron chi connectivity index (χ4n) is 2.24. The number of hydrogen-bond donors (Lipinski definition) is 1. The van der Waals surface area contributed by atoms with Gasteiger partial charge < -0.3 is 5.73 Å². The summed E-state index contributed by atoms with van der Waals surface area (Å²) in [5, 5.41) is 3.12. The Bertz CT molecular complexity index is 292. The highest BCUT2D eigenvalue weighted by atomic mass is 32.1. The summed E-state index contributed by atoms with van der Waals surface area (Å²) in [6, 6.07) is 0. The number of nitrogens with zero attached hydrogens (tertiary/aromatic N) is 1. The Hall–Kier alpha value is -0.410. The smallest absolute Gasteiger partial charge is 0.112 e. The summed E-state index contributed by atoms with van der Waals surface area (Å²) in [5.41, 5.74) is 6.60. The molecule has 13 heavy (non-hydrogen) atoms. The second kappa shape index (κ2) is 2.79. The van der Waals surface area contributed by atoms with Crippen molar-refractivity contribution in [1.82, 2.24) is 4.98 Å². The lowest BCUT2D eigenvalue weighted by atomic mass is 9.88. The Kier molecular flexibility index (Phi) is 1.96. The molecule has 1 aromatic rings. The molecule has 0 spiro atoms. The third-order valence-corrected chi connectivity index (χ3v) is 3.89. The summed E-state index contributed by atoms with van der Waals surface area (Å²) in [4.78, 5) is 4.33. The molecular formula is C10H16N2S. The van der Waals surface area contributed by atoms with E-state index in [0.29, 0.717) is 5.41 Å². The minimum atomic E-state index is -0.141. The van der Waals surface area contributed by atoms with Crippen LogP contribution in [-0.2, 0) is 5.54 Å². The minimum absolute atomic E-state index is 0.141. The van der Waals surface area contributed by atoms with Crippen LogP contribution in [0.4, 0.5) is 0 Å². The fourth-order valence-corrected chi connectivity index (χ4v) is 3.03. The number of thiazole rings is 1. The maximum atomic E-state index is 6.35. The Balaban J connectivity index is 2.25. The lowest BCUT2D eigenvalue weighted by Gasteiger charge is -2.23. The molecule has 1 aliphatic rings. The summed E-state index contributed by atoms with van der Waals surface area (Å²) in [6.07, 6.45) is 5.20. The highest BCUT2D eigenvalue weighted by Crippen LogP contribution is 2.47. The normalized spacial score (nSPS) is 32.2. The van der Waals surface area contributed by atoms with E-state index in [9.17, 15) is 0 Å². The predicted octanol–water partition coefficient (Wildman–Crippen LogP) is 2.51. The molecule has 2 nitrogen and oxygen atoms in total. The summed E-state index contributed by atoms with van der Waals surface area (Å²) < 4.78 is 0. The molecule has 1 aliphatic carbocycles. The lowest BCUT2D eigenvalue weighted by Crippen LogP contribution is -2.34. The number of rotatable bonds is 1. The van der Waals surface area contributed by atoms with Gasteiger partial charge in [-0.15, -0.1) is 11.3 Å². The Morgan fingerprint density at radius 3 is 2.69 bits per heavy atom. The number of aromatic nitrogens is 1. The van der Waals surface area contributed by atoms with Gasteiger partial charge in [-0.25, -0.2) is 4.98 Å². The molecule has 0 radical (unpaired) electrons. The highest BCUT2D eigenvalue weighted by molar-refractivity contribution is 7.09. The first-order chi connectivity index (χ1) is 6.02. The topological polar surface area (TPSA) is 38.9 Å². The minimum Gasteiger partial charge on any atom is -0.319 e. The maximum absolute atomic E-state index is 6.35. The molecule has 0 aliphatic heterocycles. The van der Waals surface area contributed by atoms with Crippen LogP contribution < -0.4 is 5.73 Å². The molecule has 0 amide bonds. The third kappa shape index (κ3) is 1.63. The quantitative estimate of drug-likeness (QED) is 0.749. The van der Waals surface area contributed by atoms with Crippen molar-refractivity contribution < 1.29 is 0 Å². The molecule has 72 valence electrons. The average Bonchev–Trinajstić information content (AvgIpc) is 2.58. The van der Waals surface area contributed by atoms with E-state index < -0.39 is 0 Å². The summed E-state index contributed by atoms with van der Waals surface area (Å²) >= 11 is 1.68. The summed E-state index contributed by atoms with van der Waals surface area (Å²) in [6.45, 7) is 4.57. The van der Waals surface area contributed by atoms with Gasteiger partial charge in [0.05, 0.1) is 5.54 Å². The van der Waals surface area contributed by atoms with Gasteiger partial charge in [0.1, 0.15) is 5.01 Å². The Labute approximate surface area is 83.2 Å². The van der Waals surface area contributed by atoms with Crippen LogP contribution in [0.2, 0.25) is 0 Å². The molecule has 1 aromatic heterocycles. The average molecular weight is 196 g/mol. The molecule has 1 saturated carbocycles. The van der Waals surface area contributed by atoms with E-state index in [1.54, 1.807) is 11.3 Å². The van der Waals surface area contributed by atoms with E-state index in [-0.39, 0.29) is 5.54 Å². The molecule has 0 bridgehead atoms. The maximum Gasteiger partial charge on any atom is 0.112 e. The zero-order valence-corrected chi connectivity index (χ0v) is 9.03. The van der Waals surface area contributed by atoms with E-state index in [2.05, 4.69) is 18.8 Å². The third-order valence-electron chi connectivity index (χ3n) is 2.90. The second-order valence-corrected chi connectivity index (χ2v) is 5.73. The van der Waals surface area contributed by atoms with Gasteiger partial charge in [0, 0.05) is 11.6 Å². The standard InChI is InChI=1S/C10H16N2S/c1-9(2)3-4-10(11,7-9)8-12-5-6-13-8/h5-6H,3-4,7,11H2,1-2H3. The van der Waals surface area contributed by atoms with E-state index in [1.807, 2.05) is 11.6 Å². The fraction of sp³-hybridized carbons (Fsp3) is 0.700. The highest BCUT2D eigenvalue weighted by Gasteiger charge is 2.42.